The second-order valence-electron chi connectivity index (χ2n) is 6.00. The molecular formula is C20H17ClN2O3S2. The third-order valence-corrected chi connectivity index (χ3v) is 6.25. The molecule has 0 spiro atoms. The standard InChI is InChI=1S/C20H17ClN2O3S2/c1-3-11-23(20-22-18(13-27-20)14-7-5-4-6-8-14)19(24)16-12-15(28(2,25)26)9-10-17(16)21/h3-10,12-13H,1,11H2,2H3. The molecule has 1 aromatic heterocycles. The molecule has 5 nitrogen and oxygen atoms in total. The van der Waals surface area contributed by atoms with Crippen LogP contribution >= 0.6 is 22.9 Å². The van der Waals surface area contributed by atoms with E-state index in [1.165, 1.54) is 34.4 Å². The van der Waals surface area contributed by atoms with Crippen molar-refractivity contribution in [1.82, 2.24) is 4.98 Å². The van der Waals surface area contributed by atoms with Gasteiger partial charge in [0.15, 0.2) is 15.0 Å². The Balaban J connectivity index is 2.01. The van der Waals surface area contributed by atoms with Gasteiger partial charge >= 0.3 is 0 Å². The zero-order valence-electron chi connectivity index (χ0n) is 15.0. The van der Waals surface area contributed by atoms with Crippen molar-refractivity contribution < 1.29 is 13.2 Å². The van der Waals surface area contributed by atoms with Gasteiger partial charge in [-0.3, -0.25) is 9.69 Å². The summed E-state index contributed by atoms with van der Waals surface area (Å²) in [6.07, 6.45) is 2.66. The summed E-state index contributed by atoms with van der Waals surface area (Å²) in [5, 5.41) is 2.51. The molecule has 0 unspecified atom stereocenters. The van der Waals surface area contributed by atoms with Crippen LogP contribution in [-0.4, -0.2) is 32.1 Å². The van der Waals surface area contributed by atoms with E-state index in [0.717, 1.165) is 17.5 Å². The van der Waals surface area contributed by atoms with Gasteiger partial charge in [0.05, 0.1) is 21.2 Å². The number of sulfone groups is 1. The van der Waals surface area contributed by atoms with Gasteiger partial charge in [-0.05, 0) is 18.2 Å². The van der Waals surface area contributed by atoms with Crippen molar-refractivity contribution >= 4 is 43.8 Å². The highest BCUT2D eigenvalue weighted by Crippen LogP contribution is 2.30. The highest BCUT2D eigenvalue weighted by atomic mass is 35.5. The van der Waals surface area contributed by atoms with E-state index in [4.69, 9.17) is 11.6 Å². The Kier molecular flexibility index (Phi) is 5.98. The molecule has 28 heavy (non-hydrogen) atoms. The minimum Gasteiger partial charge on any atom is -0.280 e. The molecule has 0 N–H and O–H groups in total. The van der Waals surface area contributed by atoms with E-state index < -0.39 is 15.7 Å². The van der Waals surface area contributed by atoms with Crippen LogP contribution in [0.3, 0.4) is 0 Å². The number of halogens is 1. The first-order valence-corrected chi connectivity index (χ1v) is 11.4. The molecular weight excluding hydrogens is 416 g/mol. The fourth-order valence-corrected chi connectivity index (χ4v) is 4.24. The molecule has 1 amide bonds. The average molecular weight is 433 g/mol. The van der Waals surface area contributed by atoms with E-state index >= 15 is 0 Å². The number of anilines is 1. The first-order valence-electron chi connectivity index (χ1n) is 8.24. The highest BCUT2D eigenvalue weighted by molar-refractivity contribution is 7.90. The molecule has 0 saturated heterocycles. The van der Waals surface area contributed by atoms with E-state index in [1.807, 2.05) is 35.7 Å². The molecule has 0 aliphatic rings. The van der Waals surface area contributed by atoms with Gasteiger partial charge in [0, 0.05) is 23.7 Å². The summed E-state index contributed by atoms with van der Waals surface area (Å²) in [5.41, 5.74) is 1.79. The summed E-state index contributed by atoms with van der Waals surface area (Å²) in [6.45, 7) is 3.91. The number of aromatic nitrogens is 1. The highest BCUT2D eigenvalue weighted by Gasteiger charge is 2.23. The molecule has 8 heteroatoms. The predicted octanol–water partition coefficient (Wildman–Crippen LogP) is 4.70. The van der Waals surface area contributed by atoms with Crippen LogP contribution in [0.5, 0.6) is 0 Å². The van der Waals surface area contributed by atoms with Crippen molar-refractivity contribution in [2.45, 2.75) is 4.90 Å². The fourth-order valence-electron chi connectivity index (χ4n) is 2.55. The third kappa shape index (κ3) is 4.32. The van der Waals surface area contributed by atoms with Gasteiger partial charge in [-0.1, -0.05) is 48.0 Å². The van der Waals surface area contributed by atoms with Crippen molar-refractivity contribution in [3.05, 3.63) is 77.2 Å². The zero-order valence-corrected chi connectivity index (χ0v) is 17.4. The van der Waals surface area contributed by atoms with Crippen molar-refractivity contribution in [3.63, 3.8) is 0 Å². The minimum atomic E-state index is -3.47. The summed E-state index contributed by atoms with van der Waals surface area (Å²) < 4.78 is 23.7. The topological polar surface area (TPSA) is 67.3 Å². The number of hydrogen-bond acceptors (Lipinski definition) is 5. The maximum Gasteiger partial charge on any atom is 0.261 e. The molecule has 0 atom stereocenters. The maximum atomic E-state index is 13.1. The Labute approximate surface area is 172 Å². The summed E-state index contributed by atoms with van der Waals surface area (Å²) in [4.78, 5) is 19.2. The lowest BCUT2D eigenvalue weighted by Crippen LogP contribution is -2.31. The normalized spacial score (nSPS) is 11.2. The minimum absolute atomic E-state index is 0.0305. The maximum absolute atomic E-state index is 13.1. The van der Waals surface area contributed by atoms with Crippen LogP contribution in [0.4, 0.5) is 5.13 Å². The molecule has 144 valence electrons. The van der Waals surface area contributed by atoms with Gasteiger partial charge in [0.25, 0.3) is 5.91 Å². The second-order valence-corrected chi connectivity index (χ2v) is 9.26. The molecule has 0 aliphatic heterocycles. The van der Waals surface area contributed by atoms with Crippen LogP contribution in [-0.2, 0) is 9.84 Å². The number of nitrogens with zero attached hydrogens (tertiary/aromatic N) is 2. The van der Waals surface area contributed by atoms with Gasteiger partial charge < -0.3 is 0 Å². The van der Waals surface area contributed by atoms with Crippen LogP contribution in [0, 0.1) is 0 Å². The van der Waals surface area contributed by atoms with Crippen LogP contribution in [0.1, 0.15) is 10.4 Å². The monoisotopic (exact) mass is 432 g/mol. The average Bonchev–Trinajstić information content (AvgIpc) is 3.15. The predicted molar refractivity (Wildman–Crippen MR) is 114 cm³/mol. The molecule has 3 aromatic rings. The molecule has 1 heterocycles. The number of carbonyl (C=O) groups is 1. The molecule has 0 bridgehead atoms. The Hall–Kier alpha value is -2.48. The largest absolute Gasteiger partial charge is 0.280 e. The number of carbonyl (C=O) groups excluding carboxylic acids is 1. The number of benzene rings is 2. The van der Waals surface area contributed by atoms with Crippen LogP contribution in [0.25, 0.3) is 11.3 Å². The number of thiazole rings is 1. The van der Waals surface area contributed by atoms with Gasteiger partial charge in [0.1, 0.15) is 0 Å². The van der Waals surface area contributed by atoms with Crippen molar-refractivity contribution in [2.24, 2.45) is 0 Å². The van der Waals surface area contributed by atoms with E-state index in [2.05, 4.69) is 11.6 Å². The molecule has 0 saturated carbocycles. The number of rotatable bonds is 6. The SMILES string of the molecule is C=CCN(C(=O)c1cc(S(C)(=O)=O)ccc1Cl)c1nc(-c2ccccc2)cs1. The van der Waals surface area contributed by atoms with Gasteiger partial charge in [-0.15, -0.1) is 17.9 Å². The van der Waals surface area contributed by atoms with Crippen LogP contribution in [0.15, 0.2) is 71.5 Å². The first kappa shape index (κ1) is 20.3. The molecule has 2 aromatic carbocycles. The van der Waals surface area contributed by atoms with Crippen molar-refractivity contribution in [1.29, 1.82) is 0 Å². The Morgan fingerprint density at radius 1 is 1.25 bits per heavy atom. The summed E-state index contributed by atoms with van der Waals surface area (Å²) >= 11 is 7.50. The molecule has 0 aliphatic carbocycles. The lowest BCUT2D eigenvalue weighted by Gasteiger charge is -2.19. The Morgan fingerprint density at radius 3 is 2.61 bits per heavy atom. The third-order valence-electron chi connectivity index (χ3n) is 3.95. The summed E-state index contributed by atoms with van der Waals surface area (Å²) in [7, 11) is -3.47. The molecule has 0 radical (unpaired) electrons. The van der Waals surface area contributed by atoms with Crippen molar-refractivity contribution in [2.75, 3.05) is 17.7 Å². The Morgan fingerprint density at radius 2 is 1.96 bits per heavy atom. The van der Waals surface area contributed by atoms with Gasteiger partial charge in [-0.25, -0.2) is 13.4 Å². The lowest BCUT2D eigenvalue weighted by molar-refractivity contribution is 0.0989. The summed E-state index contributed by atoms with van der Waals surface area (Å²) in [5.74, 6) is -0.440. The van der Waals surface area contributed by atoms with E-state index in [-0.39, 0.29) is 22.0 Å². The molecule has 0 fully saturated rings. The van der Waals surface area contributed by atoms with Crippen LogP contribution in [0.2, 0.25) is 5.02 Å². The first-order chi connectivity index (χ1) is 13.3. The fraction of sp³-hybridized carbons (Fsp3) is 0.100. The number of hydrogen-bond donors (Lipinski definition) is 0. The van der Waals surface area contributed by atoms with E-state index in [1.54, 1.807) is 6.08 Å². The lowest BCUT2D eigenvalue weighted by atomic mass is 10.2. The smallest absolute Gasteiger partial charge is 0.261 e. The van der Waals surface area contributed by atoms with Gasteiger partial charge in [-0.2, -0.15) is 0 Å². The second kappa shape index (κ2) is 8.26. The van der Waals surface area contributed by atoms with Crippen LogP contribution < -0.4 is 4.90 Å². The Bertz CT molecular complexity index is 1130. The quantitative estimate of drug-likeness (QED) is 0.529. The molecule has 3 rings (SSSR count). The zero-order chi connectivity index (χ0) is 20.3. The number of amides is 1. The van der Waals surface area contributed by atoms with Gasteiger partial charge in [0.2, 0.25) is 0 Å². The van der Waals surface area contributed by atoms with E-state index in [0.29, 0.717) is 5.13 Å². The van der Waals surface area contributed by atoms with E-state index in [9.17, 15) is 13.2 Å². The summed E-state index contributed by atoms with van der Waals surface area (Å²) in [6, 6.07) is 13.7. The van der Waals surface area contributed by atoms with Crippen molar-refractivity contribution in [3.8, 4) is 11.3 Å².